The van der Waals surface area contributed by atoms with E-state index in [0.717, 1.165) is 4.47 Å². The standard InChI is InChI=1S/C28H29BrN2O5/c1-5-34-25-16-19(6-15-24(25)36-27(33)20-7-11-22(29)12-8-20)17-30-31-26(32)18-35-23-13-9-21(10-14-23)28(2,3)4/h6-17H,5,18H2,1-4H3,(H,31,32)/b30-17+. The van der Waals surface area contributed by atoms with E-state index in [9.17, 15) is 9.59 Å². The number of ether oxygens (including phenoxy) is 3. The van der Waals surface area contributed by atoms with Crippen LogP contribution in [-0.2, 0) is 10.2 Å². The zero-order chi connectivity index (χ0) is 26.1. The Balaban J connectivity index is 1.56. The number of carbonyl (C=O) groups excluding carboxylic acids is 2. The van der Waals surface area contributed by atoms with Gasteiger partial charge in [-0.2, -0.15) is 5.10 Å². The molecule has 36 heavy (non-hydrogen) atoms. The molecule has 0 atom stereocenters. The largest absolute Gasteiger partial charge is 0.490 e. The Bertz CT molecular complexity index is 1220. The molecule has 0 aliphatic heterocycles. The van der Waals surface area contributed by atoms with Gasteiger partial charge < -0.3 is 14.2 Å². The number of carbonyl (C=O) groups is 2. The Morgan fingerprint density at radius 2 is 1.64 bits per heavy atom. The maximum atomic E-state index is 12.5. The quantitative estimate of drug-likeness (QED) is 0.155. The first-order valence-corrected chi connectivity index (χ1v) is 12.2. The fraction of sp³-hybridized carbons (Fsp3) is 0.250. The van der Waals surface area contributed by atoms with Gasteiger partial charge in [-0.25, -0.2) is 10.2 Å². The number of esters is 1. The van der Waals surface area contributed by atoms with E-state index in [1.165, 1.54) is 11.8 Å². The third kappa shape index (κ3) is 7.95. The van der Waals surface area contributed by atoms with Crippen molar-refractivity contribution < 1.29 is 23.8 Å². The van der Waals surface area contributed by atoms with E-state index in [4.69, 9.17) is 14.2 Å². The van der Waals surface area contributed by atoms with Gasteiger partial charge >= 0.3 is 5.97 Å². The smallest absolute Gasteiger partial charge is 0.343 e. The molecule has 0 aliphatic carbocycles. The number of benzene rings is 3. The SMILES string of the molecule is CCOc1cc(/C=N/NC(=O)COc2ccc(C(C)(C)C)cc2)ccc1OC(=O)c1ccc(Br)cc1. The molecule has 0 saturated carbocycles. The Morgan fingerprint density at radius 1 is 0.944 bits per heavy atom. The van der Waals surface area contributed by atoms with E-state index < -0.39 is 11.9 Å². The van der Waals surface area contributed by atoms with Crippen LogP contribution in [0, 0.1) is 0 Å². The molecule has 0 fully saturated rings. The minimum Gasteiger partial charge on any atom is -0.490 e. The lowest BCUT2D eigenvalue weighted by Crippen LogP contribution is -2.24. The van der Waals surface area contributed by atoms with Gasteiger partial charge in [0.2, 0.25) is 0 Å². The summed E-state index contributed by atoms with van der Waals surface area (Å²) < 4.78 is 17.5. The average molecular weight is 553 g/mol. The summed E-state index contributed by atoms with van der Waals surface area (Å²) in [4.78, 5) is 24.6. The number of hydrazone groups is 1. The molecule has 8 heteroatoms. The number of rotatable bonds is 9. The van der Waals surface area contributed by atoms with E-state index in [-0.39, 0.29) is 17.8 Å². The predicted octanol–water partition coefficient (Wildman–Crippen LogP) is 5.89. The molecule has 188 valence electrons. The van der Waals surface area contributed by atoms with Gasteiger partial charge in [-0.15, -0.1) is 0 Å². The molecule has 0 aromatic heterocycles. The molecule has 1 N–H and O–H groups in total. The van der Waals surface area contributed by atoms with Crippen molar-refractivity contribution >= 4 is 34.0 Å². The molecule has 0 unspecified atom stereocenters. The van der Waals surface area contributed by atoms with Crippen LogP contribution in [0.4, 0.5) is 0 Å². The van der Waals surface area contributed by atoms with Crippen LogP contribution in [0.25, 0.3) is 0 Å². The molecule has 0 spiro atoms. The first-order chi connectivity index (χ1) is 17.2. The molecule has 7 nitrogen and oxygen atoms in total. The Morgan fingerprint density at radius 3 is 2.28 bits per heavy atom. The summed E-state index contributed by atoms with van der Waals surface area (Å²) in [5.74, 6) is 0.398. The summed E-state index contributed by atoms with van der Waals surface area (Å²) in [6, 6.07) is 19.5. The van der Waals surface area contributed by atoms with Gasteiger partial charge in [0.1, 0.15) is 5.75 Å². The van der Waals surface area contributed by atoms with Crippen LogP contribution in [0.2, 0.25) is 0 Å². The normalized spacial score (nSPS) is 11.2. The van der Waals surface area contributed by atoms with Crippen LogP contribution in [0.5, 0.6) is 17.2 Å². The van der Waals surface area contributed by atoms with Crippen molar-refractivity contribution in [2.75, 3.05) is 13.2 Å². The molecule has 3 rings (SSSR count). The maximum absolute atomic E-state index is 12.5. The number of halogens is 1. The first kappa shape index (κ1) is 26.9. The zero-order valence-electron chi connectivity index (χ0n) is 20.7. The van der Waals surface area contributed by atoms with Crippen LogP contribution >= 0.6 is 15.9 Å². The van der Waals surface area contributed by atoms with Gasteiger partial charge in [0.15, 0.2) is 18.1 Å². The van der Waals surface area contributed by atoms with Crippen molar-refractivity contribution in [1.82, 2.24) is 5.43 Å². The van der Waals surface area contributed by atoms with E-state index >= 15 is 0 Å². The summed E-state index contributed by atoms with van der Waals surface area (Å²) in [7, 11) is 0. The number of hydrogen-bond acceptors (Lipinski definition) is 6. The number of nitrogens with one attached hydrogen (secondary N) is 1. The van der Waals surface area contributed by atoms with Gasteiger partial charge in [-0.3, -0.25) is 4.79 Å². The zero-order valence-corrected chi connectivity index (χ0v) is 22.3. The van der Waals surface area contributed by atoms with Gasteiger partial charge in [-0.05, 0) is 78.1 Å². The van der Waals surface area contributed by atoms with Crippen molar-refractivity contribution in [3.63, 3.8) is 0 Å². The highest BCUT2D eigenvalue weighted by atomic mass is 79.9. The Hall–Kier alpha value is -3.65. The summed E-state index contributed by atoms with van der Waals surface area (Å²) in [5.41, 5.74) is 4.74. The number of hydrogen-bond donors (Lipinski definition) is 1. The lowest BCUT2D eigenvalue weighted by Gasteiger charge is -2.19. The Kier molecular flexibility index (Phi) is 9.25. The third-order valence-electron chi connectivity index (χ3n) is 5.04. The topological polar surface area (TPSA) is 86.2 Å². The average Bonchev–Trinajstić information content (AvgIpc) is 2.84. The van der Waals surface area contributed by atoms with Crippen LogP contribution in [-0.4, -0.2) is 31.3 Å². The molecule has 0 heterocycles. The highest BCUT2D eigenvalue weighted by molar-refractivity contribution is 9.10. The molecule has 0 aliphatic rings. The van der Waals surface area contributed by atoms with Gasteiger partial charge in [0, 0.05) is 4.47 Å². The lowest BCUT2D eigenvalue weighted by molar-refractivity contribution is -0.123. The second-order valence-electron chi connectivity index (χ2n) is 8.89. The number of nitrogens with zero attached hydrogens (tertiary/aromatic N) is 1. The second kappa shape index (κ2) is 12.4. The summed E-state index contributed by atoms with van der Waals surface area (Å²) in [5, 5.41) is 3.98. The minimum atomic E-state index is -0.495. The van der Waals surface area contributed by atoms with Gasteiger partial charge in [-0.1, -0.05) is 48.8 Å². The summed E-state index contributed by atoms with van der Waals surface area (Å²) in [6.45, 7) is 8.45. The maximum Gasteiger partial charge on any atom is 0.343 e. The van der Waals surface area contributed by atoms with Gasteiger partial charge in [0.25, 0.3) is 5.91 Å². The number of amides is 1. The molecule has 1 amide bonds. The van der Waals surface area contributed by atoms with E-state index in [1.807, 2.05) is 31.2 Å². The van der Waals surface area contributed by atoms with Crippen molar-refractivity contribution in [3.05, 3.63) is 87.9 Å². The molecule has 0 radical (unpaired) electrons. The van der Waals surface area contributed by atoms with Crippen LogP contribution in [0.1, 0.15) is 49.2 Å². The molecular formula is C28H29BrN2O5. The molecule has 3 aromatic carbocycles. The van der Waals surface area contributed by atoms with E-state index in [1.54, 1.807) is 42.5 Å². The highest BCUT2D eigenvalue weighted by Crippen LogP contribution is 2.29. The molecular weight excluding hydrogens is 524 g/mol. The monoisotopic (exact) mass is 552 g/mol. The molecule has 3 aromatic rings. The molecule has 0 saturated heterocycles. The fourth-order valence-electron chi connectivity index (χ4n) is 3.11. The van der Waals surface area contributed by atoms with Crippen molar-refractivity contribution in [2.45, 2.75) is 33.1 Å². The van der Waals surface area contributed by atoms with Crippen molar-refractivity contribution in [3.8, 4) is 17.2 Å². The van der Waals surface area contributed by atoms with Crippen molar-refractivity contribution in [2.24, 2.45) is 5.10 Å². The Labute approximate surface area is 219 Å². The van der Waals surface area contributed by atoms with Crippen LogP contribution in [0.3, 0.4) is 0 Å². The van der Waals surface area contributed by atoms with Crippen LogP contribution in [0.15, 0.2) is 76.3 Å². The van der Waals surface area contributed by atoms with E-state index in [0.29, 0.717) is 29.2 Å². The summed E-state index contributed by atoms with van der Waals surface area (Å²) in [6.07, 6.45) is 1.47. The van der Waals surface area contributed by atoms with E-state index in [2.05, 4.69) is 47.2 Å². The predicted molar refractivity (Wildman–Crippen MR) is 143 cm³/mol. The highest BCUT2D eigenvalue weighted by Gasteiger charge is 2.14. The third-order valence-corrected chi connectivity index (χ3v) is 5.57. The van der Waals surface area contributed by atoms with Crippen molar-refractivity contribution in [1.29, 1.82) is 0 Å². The fourth-order valence-corrected chi connectivity index (χ4v) is 3.38. The molecule has 0 bridgehead atoms. The minimum absolute atomic E-state index is 0.0477. The summed E-state index contributed by atoms with van der Waals surface area (Å²) >= 11 is 3.34. The van der Waals surface area contributed by atoms with Crippen LogP contribution < -0.4 is 19.6 Å². The lowest BCUT2D eigenvalue weighted by atomic mass is 9.87. The second-order valence-corrected chi connectivity index (χ2v) is 9.81. The van der Waals surface area contributed by atoms with Gasteiger partial charge in [0.05, 0.1) is 18.4 Å². The first-order valence-electron chi connectivity index (χ1n) is 11.5.